The molecular weight excluding hydrogens is 120 g/mol. The first-order chi connectivity index (χ1) is 3.15. The molecule has 0 bridgehead atoms. The zero-order valence-electron chi connectivity index (χ0n) is 3.07. The minimum atomic E-state index is -1.75. The van der Waals surface area contributed by atoms with E-state index in [0.29, 0.717) is 0 Å². The van der Waals surface area contributed by atoms with Gasteiger partial charge in [-0.05, 0) is 0 Å². The molecule has 0 aliphatic rings. The molecule has 6 heteroatoms. The second-order valence-corrected chi connectivity index (χ2v) is 0.524. The van der Waals surface area contributed by atoms with Crippen LogP contribution >= 0.6 is 12.6 Å². The Balaban J connectivity index is 0. The van der Waals surface area contributed by atoms with Gasteiger partial charge in [-0.25, -0.2) is 0 Å². The van der Waals surface area contributed by atoms with Gasteiger partial charge in [0.15, 0.2) is 0 Å². The molecule has 0 radical (unpaired) electrons. The molecule has 0 rings (SSSR count). The molecule has 5 nitrogen and oxygen atoms in total. The Bertz CT molecular complexity index is 81.4. The molecule has 0 spiro atoms. The van der Waals surface area contributed by atoms with Crippen LogP contribution in [-0.2, 0) is 0 Å². The summed E-state index contributed by atoms with van der Waals surface area (Å²) in [6, 6.07) is 0. The predicted octanol–water partition coefficient (Wildman–Crippen LogP) is 0.158. The number of hydrogen-bond donors (Lipinski definition) is 1. The maximum atomic E-state index is 8.25. The van der Waals surface area contributed by atoms with Crippen LogP contribution in [0.4, 0.5) is 0 Å². The second kappa shape index (κ2) is 8.90. The van der Waals surface area contributed by atoms with Crippen LogP contribution in [0.15, 0.2) is 0 Å². The van der Waals surface area contributed by atoms with Crippen molar-refractivity contribution in [1.82, 2.24) is 0 Å². The zero-order valence-corrected chi connectivity index (χ0v) is 3.96. The van der Waals surface area contributed by atoms with Crippen LogP contribution in [0.2, 0.25) is 0 Å². The highest BCUT2D eigenvalue weighted by Crippen LogP contribution is 1.46. The smallest absolute Gasteiger partial charge is 0.130 e. The second-order valence-electron chi connectivity index (χ2n) is 0.324. The average Bonchev–Trinajstić information content (AvgIpc) is 1.33. The van der Waals surface area contributed by atoms with Crippen LogP contribution in [0.5, 0.6) is 0 Å². The van der Waals surface area contributed by atoms with Crippen molar-refractivity contribution in [3.8, 4) is 5.40 Å². The van der Waals surface area contributed by atoms with Gasteiger partial charge in [-0.3, -0.25) is 0 Å². The minimum absolute atomic E-state index is 1.44. The van der Waals surface area contributed by atoms with Crippen molar-refractivity contribution in [2.75, 3.05) is 0 Å². The SMILES string of the molecule is N#CS.O=[N+]([O-])[O-]. The van der Waals surface area contributed by atoms with Gasteiger partial charge in [0.25, 0.3) is 0 Å². The third-order valence-corrected chi connectivity index (χ3v) is 0. The summed E-state index contributed by atoms with van der Waals surface area (Å²) in [5, 5.41) is 23.4. The molecule has 0 aliphatic carbocycles. The molecule has 0 fully saturated rings. The van der Waals surface area contributed by atoms with Crippen LogP contribution in [0.3, 0.4) is 0 Å². The normalized spacial score (nSPS) is 4.57. The zero-order chi connectivity index (χ0) is 6.28. The van der Waals surface area contributed by atoms with E-state index in [0.717, 1.165) is 0 Å². The maximum Gasteiger partial charge on any atom is 0.130 e. The molecule has 0 saturated carbocycles. The van der Waals surface area contributed by atoms with E-state index >= 15 is 0 Å². The van der Waals surface area contributed by atoms with Gasteiger partial charge in [0, 0.05) is 0 Å². The van der Waals surface area contributed by atoms with Crippen LogP contribution in [0.25, 0.3) is 0 Å². The molecule has 0 aromatic carbocycles. The van der Waals surface area contributed by atoms with E-state index < -0.39 is 5.09 Å². The maximum absolute atomic E-state index is 8.25. The number of nitrogens with zero attached hydrogens (tertiary/aromatic N) is 2. The fourth-order valence-electron chi connectivity index (χ4n) is 0. The number of hydrogen-bond acceptors (Lipinski definition) is 5. The van der Waals surface area contributed by atoms with Crippen LogP contribution in [0, 0.1) is 26.0 Å². The Labute approximate surface area is 44.7 Å². The number of thiocyanates is 1. The molecule has 0 aromatic rings. The number of rotatable bonds is 0. The molecule has 40 valence electrons. The lowest BCUT2D eigenvalue weighted by Gasteiger charge is -1.74. The fourth-order valence-corrected chi connectivity index (χ4v) is 0. The molecular formula is CHN2O3S-. The van der Waals surface area contributed by atoms with Gasteiger partial charge in [0.05, 0.1) is 5.09 Å². The Morgan fingerprint density at radius 3 is 1.71 bits per heavy atom. The summed E-state index contributed by atoms with van der Waals surface area (Å²) in [5.74, 6) is 0. The van der Waals surface area contributed by atoms with Gasteiger partial charge in [-0.2, -0.15) is 5.26 Å². The van der Waals surface area contributed by atoms with Crippen molar-refractivity contribution in [1.29, 1.82) is 5.26 Å². The van der Waals surface area contributed by atoms with E-state index in [4.69, 9.17) is 20.6 Å². The third-order valence-electron chi connectivity index (χ3n) is 0. The standard InChI is InChI=1S/CHNS.NO3/c2-1-3;2-1(3)4/h3H;/q;-1. The van der Waals surface area contributed by atoms with Crippen LogP contribution < -0.4 is 0 Å². The predicted molar refractivity (Wildman–Crippen MR) is 25.0 cm³/mol. The van der Waals surface area contributed by atoms with Gasteiger partial charge in [-0.1, -0.05) is 12.6 Å². The Kier molecular flexibility index (Phi) is 12.0. The van der Waals surface area contributed by atoms with Crippen molar-refractivity contribution in [3.05, 3.63) is 15.3 Å². The fraction of sp³-hybridized carbons (Fsp3) is 0. The summed E-state index contributed by atoms with van der Waals surface area (Å²) in [4.78, 5) is 8.25. The van der Waals surface area contributed by atoms with E-state index in [1.807, 2.05) is 0 Å². The van der Waals surface area contributed by atoms with Gasteiger partial charge in [0.2, 0.25) is 0 Å². The van der Waals surface area contributed by atoms with E-state index in [9.17, 15) is 0 Å². The van der Waals surface area contributed by atoms with Crippen molar-refractivity contribution >= 4 is 12.6 Å². The highest BCUT2D eigenvalue weighted by atomic mass is 32.1. The first-order valence-corrected chi connectivity index (χ1v) is 1.44. The Morgan fingerprint density at radius 2 is 1.71 bits per heavy atom. The minimum Gasteiger partial charge on any atom is -0.356 e. The third kappa shape index (κ3) is 50.5. The summed E-state index contributed by atoms with van der Waals surface area (Å²) in [6.45, 7) is 0. The average molecular weight is 121 g/mol. The number of thiol groups is 1. The molecule has 0 atom stereocenters. The highest BCUT2D eigenvalue weighted by Gasteiger charge is 1.45. The Morgan fingerprint density at radius 1 is 1.71 bits per heavy atom. The van der Waals surface area contributed by atoms with Gasteiger partial charge in [-0.15, -0.1) is 0 Å². The van der Waals surface area contributed by atoms with Crippen molar-refractivity contribution in [2.45, 2.75) is 0 Å². The molecule has 0 aliphatic heterocycles. The van der Waals surface area contributed by atoms with Crippen LogP contribution in [0.1, 0.15) is 0 Å². The highest BCUT2D eigenvalue weighted by molar-refractivity contribution is 7.85. The summed E-state index contributed by atoms with van der Waals surface area (Å²) in [5.41, 5.74) is 0. The van der Waals surface area contributed by atoms with Crippen LogP contribution in [-0.4, -0.2) is 5.09 Å². The molecule has 0 unspecified atom stereocenters. The summed E-state index contributed by atoms with van der Waals surface area (Å²) in [7, 11) is 0. The first kappa shape index (κ1) is 9.40. The number of nitriles is 1. The Hall–Kier alpha value is -0.960. The first-order valence-electron chi connectivity index (χ1n) is 0.995. The molecule has 0 heterocycles. The van der Waals surface area contributed by atoms with E-state index in [-0.39, 0.29) is 0 Å². The van der Waals surface area contributed by atoms with E-state index in [1.165, 1.54) is 5.40 Å². The van der Waals surface area contributed by atoms with Gasteiger partial charge < -0.3 is 15.3 Å². The van der Waals surface area contributed by atoms with Gasteiger partial charge >= 0.3 is 0 Å². The van der Waals surface area contributed by atoms with E-state index in [1.54, 1.807) is 0 Å². The lowest BCUT2D eigenvalue weighted by atomic mass is 11.8. The summed E-state index contributed by atoms with van der Waals surface area (Å²) >= 11 is 3.09. The van der Waals surface area contributed by atoms with Gasteiger partial charge in [0.1, 0.15) is 5.40 Å². The van der Waals surface area contributed by atoms with Crippen molar-refractivity contribution in [3.63, 3.8) is 0 Å². The summed E-state index contributed by atoms with van der Waals surface area (Å²) in [6.07, 6.45) is 0. The molecule has 7 heavy (non-hydrogen) atoms. The molecule has 0 amide bonds. The largest absolute Gasteiger partial charge is 0.356 e. The monoisotopic (exact) mass is 121 g/mol. The molecule has 0 N–H and O–H groups in total. The molecule has 0 aromatic heterocycles. The van der Waals surface area contributed by atoms with Crippen molar-refractivity contribution in [2.24, 2.45) is 0 Å². The van der Waals surface area contributed by atoms with E-state index in [2.05, 4.69) is 12.6 Å². The topological polar surface area (TPSA) is 90.0 Å². The molecule has 0 saturated heterocycles. The quantitative estimate of drug-likeness (QED) is 0.214. The lowest BCUT2D eigenvalue weighted by Crippen LogP contribution is -1.74. The lowest BCUT2D eigenvalue weighted by molar-refractivity contribution is -0.402. The van der Waals surface area contributed by atoms with Crippen molar-refractivity contribution < 1.29 is 5.09 Å². The summed E-state index contributed by atoms with van der Waals surface area (Å²) < 4.78 is 0.